The van der Waals surface area contributed by atoms with Gasteiger partial charge in [0.15, 0.2) is 5.84 Å². The molecule has 18 heavy (non-hydrogen) atoms. The largest absolute Gasteiger partial charge is 0.409 e. The van der Waals surface area contributed by atoms with Crippen LogP contribution < -0.4 is 10.6 Å². The molecule has 98 valence electrons. The number of hydrogen-bond donors (Lipinski definition) is 2. The molecule has 1 aromatic rings. The SMILES string of the molecule is CCC1CCN(c2ccc(Cl)cc2/C(N)=N/O)C1. The Morgan fingerprint density at radius 3 is 3.00 bits per heavy atom. The maximum atomic E-state index is 8.85. The van der Waals surface area contributed by atoms with E-state index in [1.165, 1.54) is 12.8 Å². The first-order chi connectivity index (χ1) is 8.65. The van der Waals surface area contributed by atoms with Crippen LogP contribution in [0.4, 0.5) is 5.69 Å². The first-order valence-corrected chi connectivity index (χ1v) is 6.56. The van der Waals surface area contributed by atoms with Gasteiger partial charge in [-0.15, -0.1) is 0 Å². The predicted molar refractivity (Wildman–Crippen MR) is 74.6 cm³/mol. The third kappa shape index (κ3) is 2.53. The van der Waals surface area contributed by atoms with Gasteiger partial charge in [-0.1, -0.05) is 30.1 Å². The van der Waals surface area contributed by atoms with Gasteiger partial charge in [0, 0.05) is 29.4 Å². The third-order valence-corrected chi connectivity index (χ3v) is 3.78. The Balaban J connectivity index is 2.33. The van der Waals surface area contributed by atoms with E-state index in [2.05, 4.69) is 17.0 Å². The molecule has 1 atom stereocenters. The van der Waals surface area contributed by atoms with E-state index < -0.39 is 0 Å². The van der Waals surface area contributed by atoms with Crippen LogP contribution in [0.15, 0.2) is 23.4 Å². The normalized spacial score (nSPS) is 20.4. The number of rotatable bonds is 3. The summed E-state index contributed by atoms with van der Waals surface area (Å²) in [6, 6.07) is 5.52. The van der Waals surface area contributed by atoms with E-state index in [-0.39, 0.29) is 5.84 Å². The van der Waals surface area contributed by atoms with Gasteiger partial charge in [0.25, 0.3) is 0 Å². The van der Waals surface area contributed by atoms with E-state index in [9.17, 15) is 0 Å². The van der Waals surface area contributed by atoms with Gasteiger partial charge >= 0.3 is 0 Å². The van der Waals surface area contributed by atoms with Crippen molar-refractivity contribution >= 4 is 23.1 Å². The second-order valence-corrected chi connectivity index (χ2v) is 5.09. The molecule has 1 aliphatic rings. The summed E-state index contributed by atoms with van der Waals surface area (Å²) in [7, 11) is 0. The monoisotopic (exact) mass is 267 g/mol. The van der Waals surface area contributed by atoms with Gasteiger partial charge in [0.1, 0.15) is 0 Å². The number of hydrogen-bond acceptors (Lipinski definition) is 3. The molecule has 1 heterocycles. The van der Waals surface area contributed by atoms with Crippen LogP contribution in [-0.4, -0.2) is 24.1 Å². The topological polar surface area (TPSA) is 61.8 Å². The van der Waals surface area contributed by atoms with Crippen LogP contribution in [-0.2, 0) is 0 Å². The van der Waals surface area contributed by atoms with Crippen molar-refractivity contribution < 1.29 is 5.21 Å². The zero-order chi connectivity index (χ0) is 13.1. The Hall–Kier alpha value is -1.42. The summed E-state index contributed by atoms with van der Waals surface area (Å²) in [5, 5.41) is 12.5. The number of oxime groups is 1. The van der Waals surface area contributed by atoms with Crippen molar-refractivity contribution in [3.05, 3.63) is 28.8 Å². The summed E-state index contributed by atoms with van der Waals surface area (Å²) in [6.45, 7) is 4.23. The molecular formula is C13H18ClN3O. The lowest BCUT2D eigenvalue weighted by Crippen LogP contribution is -2.24. The van der Waals surface area contributed by atoms with Crippen LogP contribution >= 0.6 is 11.6 Å². The zero-order valence-electron chi connectivity index (χ0n) is 10.4. The number of anilines is 1. The van der Waals surface area contributed by atoms with Crippen molar-refractivity contribution in [2.45, 2.75) is 19.8 Å². The van der Waals surface area contributed by atoms with Crippen LogP contribution in [0.1, 0.15) is 25.3 Å². The molecule has 1 unspecified atom stereocenters. The minimum atomic E-state index is 0.104. The van der Waals surface area contributed by atoms with E-state index in [1.807, 2.05) is 12.1 Å². The fourth-order valence-corrected chi connectivity index (χ4v) is 2.60. The summed E-state index contributed by atoms with van der Waals surface area (Å²) < 4.78 is 0. The molecule has 0 bridgehead atoms. The van der Waals surface area contributed by atoms with Crippen LogP contribution in [0.3, 0.4) is 0 Å². The maximum Gasteiger partial charge on any atom is 0.172 e. The molecule has 0 saturated carbocycles. The van der Waals surface area contributed by atoms with Crippen molar-refractivity contribution in [3.8, 4) is 0 Å². The average molecular weight is 268 g/mol. The van der Waals surface area contributed by atoms with Crippen molar-refractivity contribution in [3.63, 3.8) is 0 Å². The van der Waals surface area contributed by atoms with E-state index in [0.717, 1.165) is 24.7 Å². The van der Waals surface area contributed by atoms with Gasteiger partial charge in [-0.25, -0.2) is 0 Å². The van der Waals surface area contributed by atoms with Gasteiger partial charge in [0.2, 0.25) is 0 Å². The summed E-state index contributed by atoms with van der Waals surface area (Å²) in [6.07, 6.45) is 2.37. The molecule has 0 amide bonds. The number of benzene rings is 1. The van der Waals surface area contributed by atoms with Gasteiger partial charge in [-0.3, -0.25) is 0 Å². The van der Waals surface area contributed by atoms with Crippen LogP contribution in [0.5, 0.6) is 0 Å². The Kier molecular flexibility index (Phi) is 3.97. The third-order valence-electron chi connectivity index (χ3n) is 3.55. The second-order valence-electron chi connectivity index (χ2n) is 4.66. The highest BCUT2D eigenvalue weighted by Crippen LogP contribution is 2.30. The highest BCUT2D eigenvalue weighted by molar-refractivity contribution is 6.31. The Bertz CT molecular complexity index is 462. The predicted octanol–water partition coefficient (Wildman–Crippen LogP) is 2.67. The molecule has 0 radical (unpaired) electrons. The van der Waals surface area contributed by atoms with Crippen molar-refractivity contribution in [1.82, 2.24) is 0 Å². The summed E-state index contributed by atoms with van der Waals surface area (Å²) in [4.78, 5) is 2.28. The molecule has 3 N–H and O–H groups in total. The maximum absolute atomic E-state index is 8.85. The lowest BCUT2D eigenvalue weighted by molar-refractivity contribution is 0.318. The number of nitrogens with zero attached hydrogens (tertiary/aromatic N) is 2. The number of amidine groups is 1. The van der Waals surface area contributed by atoms with Crippen molar-refractivity contribution in [1.29, 1.82) is 0 Å². The van der Waals surface area contributed by atoms with Gasteiger partial charge in [-0.05, 0) is 30.5 Å². The molecule has 2 rings (SSSR count). The first kappa shape index (κ1) is 13.0. The molecule has 1 aliphatic heterocycles. The molecule has 0 spiro atoms. The Labute approximate surface area is 112 Å². The molecule has 4 nitrogen and oxygen atoms in total. The van der Waals surface area contributed by atoms with E-state index in [4.69, 9.17) is 22.5 Å². The van der Waals surface area contributed by atoms with E-state index >= 15 is 0 Å². The molecule has 0 aliphatic carbocycles. The van der Waals surface area contributed by atoms with Crippen molar-refractivity contribution in [2.24, 2.45) is 16.8 Å². The Morgan fingerprint density at radius 1 is 1.61 bits per heavy atom. The first-order valence-electron chi connectivity index (χ1n) is 6.18. The van der Waals surface area contributed by atoms with Crippen LogP contribution in [0, 0.1) is 5.92 Å². The fraction of sp³-hybridized carbons (Fsp3) is 0.462. The van der Waals surface area contributed by atoms with Gasteiger partial charge < -0.3 is 15.8 Å². The van der Waals surface area contributed by atoms with Gasteiger partial charge in [-0.2, -0.15) is 0 Å². The quantitative estimate of drug-likeness (QED) is 0.383. The number of halogens is 1. The fourth-order valence-electron chi connectivity index (χ4n) is 2.43. The van der Waals surface area contributed by atoms with Crippen LogP contribution in [0.2, 0.25) is 5.02 Å². The minimum absolute atomic E-state index is 0.104. The lowest BCUT2D eigenvalue weighted by Gasteiger charge is -2.21. The zero-order valence-corrected chi connectivity index (χ0v) is 11.2. The van der Waals surface area contributed by atoms with E-state index in [0.29, 0.717) is 10.6 Å². The average Bonchev–Trinajstić information content (AvgIpc) is 2.86. The minimum Gasteiger partial charge on any atom is -0.409 e. The highest BCUT2D eigenvalue weighted by atomic mass is 35.5. The molecule has 1 fully saturated rings. The number of nitrogens with two attached hydrogens (primary N) is 1. The lowest BCUT2D eigenvalue weighted by atomic mass is 10.1. The van der Waals surface area contributed by atoms with Gasteiger partial charge in [0.05, 0.1) is 0 Å². The molecule has 0 aromatic heterocycles. The molecular weight excluding hydrogens is 250 g/mol. The van der Waals surface area contributed by atoms with Crippen molar-refractivity contribution in [2.75, 3.05) is 18.0 Å². The molecule has 1 aromatic carbocycles. The van der Waals surface area contributed by atoms with E-state index in [1.54, 1.807) is 6.07 Å². The standard InChI is InChI=1S/C13H18ClN3O/c1-2-9-5-6-17(8-9)12-4-3-10(14)7-11(12)13(15)16-18/h3-4,7,9,18H,2,5-6,8H2,1H3,(H2,15,16). The summed E-state index contributed by atoms with van der Waals surface area (Å²) in [5.74, 6) is 0.827. The molecule has 1 saturated heterocycles. The molecule has 5 heteroatoms. The second kappa shape index (κ2) is 5.48. The smallest absolute Gasteiger partial charge is 0.172 e. The summed E-state index contributed by atoms with van der Waals surface area (Å²) in [5.41, 5.74) is 7.40. The van der Waals surface area contributed by atoms with Crippen LogP contribution in [0.25, 0.3) is 0 Å². The summed E-state index contributed by atoms with van der Waals surface area (Å²) >= 11 is 5.97. The Morgan fingerprint density at radius 2 is 2.39 bits per heavy atom. The highest BCUT2D eigenvalue weighted by Gasteiger charge is 2.23.